The summed E-state index contributed by atoms with van der Waals surface area (Å²) in [5, 5.41) is 6.12. The van der Waals surface area contributed by atoms with Gasteiger partial charge < -0.3 is 29.6 Å². The number of methoxy groups -OCH3 is 3. The number of benzene rings is 1. The van der Waals surface area contributed by atoms with Crippen molar-refractivity contribution in [2.75, 3.05) is 41.0 Å². The lowest BCUT2D eigenvalue weighted by Crippen LogP contribution is -2.49. The number of halogens is 3. The average Bonchev–Trinajstić information content (AvgIpc) is 2.72. The summed E-state index contributed by atoms with van der Waals surface area (Å²) in [6.07, 6.45) is -4.72. The predicted molar refractivity (Wildman–Crippen MR) is 120 cm³/mol. The molecular formula is C23H37F3N2O5. The van der Waals surface area contributed by atoms with Gasteiger partial charge in [0.05, 0.1) is 26.2 Å². The molecule has 0 aliphatic carbocycles. The van der Waals surface area contributed by atoms with Crippen LogP contribution in [-0.4, -0.2) is 65.4 Å². The Bertz CT molecular complexity index is 719. The summed E-state index contributed by atoms with van der Waals surface area (Å²) in [6.45, 7) is 6.38. The minimum atomic E-state index is -4.29. The fourth-order valence-electron chi connectivity index (χ4n) is 3.09. The highest BCUT2D eigenvalue weighted by molar-refractivity contribution is 5.81. The molecule has 1 aromatic rings. The minimum absolute atomic E-state index is 0.0801. The number of carbonyl (C=O) groups excluding carboxylic acids is 1. The summed E-state index contributed by atoms with van der Waals surface area (Å²) in [4.78, 5) is 12.8. The zero-order valence-electron chi connectivity index (χ0n) is 20.3. The van der Waals surface area contributed by atoms with E-state index in [0.29, 0.717) is 31.7 Å². The Morgan fingerprint density at radius 2 is 1.73 bits per heavy atom. The van der Waals surface area contributed by atoms with Crippen LogP contribution in [0.1, 0.15) is 39.2 Å². The molecular weight excluding hydrogens is 441 g/mol. The van der Waals surface area contributed by atoms with E-state index in [-0.39, 0.29) is 17.1 Å². The maximum absolute atomic E-state index is 12.8. The number of alkyl halides is 3. The number of nitrogens with one attached hydrogen (secondary N) is 2. The second-order valence-electron chi connectivity index (χ2n) is 8.87. The van der Waals surface area contributed by atoms with Crippen LogP contribution in [0.25, 0.3) is 0 Å². The SMILES string of the molecule is COc1ccc(CCNC(=O)C(CC(C)(C)C)NCC(OC)OC)cc1OCCC(F)(F)F. The summed E-state index contributed by atoms with van der Waals surface area (Å²) < 4.78 is 58.0. The van der Waals surface area contributed by atoms with Gasteiger partial charge in [-0.1, -0.05) is 26.8 Å². The first kappa shape index (κ1) is 29.0. The quantitative estimate of drug-likeness (QED) is 0.397. The van der Waals surface area contributed by atoms with Crippen molar-refractivity contribution in [3.63, 3.8) is 0 Å². The van der Waals surface area contributed by atoms with Crippen LogP contribution in [0, 0.1) is 5.41 Å². The molecule has 0 aromatic heterocycles. The highest BCUT2D eigenvalue weighted by Crippen LogP contribution is 2.29. The Hall–Kier alpha value is -2.04. The molecule has 0 radical (unpaired) electrons. The third kappa shape index (κ3) is 12.1. The fourth-order valence-corrected chi connectivity index (χ4v) is 3.09. The van der Waals surface area contributed by atoms with Crippen molar-refractivity contribution in [3.8, 4) is 11.5 Å². The lowest BCUT2D eigenvalue weighted by atomic mass is 9.87. The van der Waals surface area contributed by atoms with Gasteiger partial charge in [-0.2, -0.15) is 13.2 Å². The van der Waals surface area contributed by atoms with Gasteiger partial charge in [-0.3, -0.25) is 4.79 Å². The van der Waals surface area contributed by atoms with E-state index in [1.54, 1.807) is 18.2 Å². The van der Waals surface area contributed by atoms with Gasteiger partial charge in [0.2, 0.25) is 5.91 Å². The van der Waals surface area contributed by atoms with Gasteiger partial charge in [0.1, 0.15) is 0 Å². The Morgan fingerprint density at radius 1 is 1.06 bits per heavy atom. The van der Waals surface area contributed by atoms with Crippen molar-refractivity contribution in [2.24, 2.45) is 5.41 Å². The summed E-state index contributed by atoms with van der Waals surface area (Å²) >= 11 is 0. The fraction of sp³-hybridized carbons (Fsp3) is 0.696. The van der Waals surface area contributed by atoms with Crippen molar-refractivity contribution in [1.29, 1.82) is 0 Å². The average molecular weight is 479 g/mol. The van der Waals surface area contributed by atoms with E-state index in [1.807, 2.05) is 0 Å². The molecule has 0 spiro atoms. The number of hydrogen-bond acceptors (Lipinski definition) is 6. The molecule has 1 atom stereocenters. The van der Waals surface area contributed by atoms with Crippen LogP contribution < -0.4 is 20.1 Å². The molecule has 7 nitrogen and oxygen atoms in total. The highest BCUT2D eigenvalue weighted by atomic mass is 19.4. The van der Waals surface area contributed by atoms with E-state index >= 15 is 0 Å². The maximum atomic E-state index is 12.8. The number of ether oxygens (including phenoxy) is 4. The van der Waals surface area contributed by atoms with Gasteiger partial charge in [-0.25, -0.2) is 0 Å². The molecule has 1 amide bonds. The normalized spacial score (nSPS) is 13.2. The van der Waals surface area contributed by atoms with Gasteiger partial charge in [0, 0.05) is 27.3 Å². The van der Waals surface area contributed by atoms with Gasteiger partial charge in [-0.15, -0.1) is 0 Å². The van der Waals surface area contributed by atoms with Gasteiger partial charge in [0.25, 0.3) is 0 Å². The molecule has 0 fully saturated rings. The Balaban J connectivity index is 2.70. The van der Waals surface area contributed by atoms with Crippen molar-refractivity contribution in [2.45, 2.75) is 58.5 Å². The van der Waals surface area contributed by atoms with Crippen molar-refractivity contribution in [3.05, 3.63) is 23.8 Å². The largest absolute Gasteiger partial charge is 0.493 e. The molecule has 0 aliphatic rings. The molecule has 0 aliphatic heterocycles. The van der Waals surface area contributed by atoms with Crippen molar-refractivity contribution >= 4 is 5.91 Å². The lowest BCUT2D eigenvalue weighted by Gasteiger charge is -2.27. The highest BCUT2D eigenvalue weighted by Gasteiger charge is 2.27. The maximum Gasteiger partial charge on any atom is 0.392 e. The van der Waals surface area contributed by atoms with E-state index in [4.69, 9.17) is 18.9 Å². The van der Waals surface area contributed by atoms with Crippen molar-refractivity contribution < 1.29 is 36.9 Å². The first-order valence-electron chi connectivity index (χ1n) is 10.8. The van der Waals surface area contributed by atoms with E-state index in [1.165, 1.54) is 21.3 Å². The smallest absolute Gasteiger partial charge is 0.392 e. The standard InChI is InChI=1S/C23H37F3N2O5/c1-22(2,3)14-17(28-15-20(31-5)32-6)21(29)27-11-9-16-7-8-18(30-4)19(13-16)33-12-10-23(24,25)26/h7-8,13,17,20,28H,9-12,14-15H2,1-6H3,(H,27,29). The van der Waals surface area contributed by atoms with Crippen LogP contribution in [-0.2, 0) is 20.7 Å². The van der Waals surface area contributed by atoms with Gasteiger partial charge in [0.15, 0.2) is 17.8 Å². The van der Waals surface area contributed by atoms with E-state index < -0.39 is 31.5 Å². The monoisotopic (exact) mass is 478 g/mol. The second-order valence-corrected chi connectivity index (χ2v) is 8.87. The molecule has 1 aromatic carbocycles. The molecule has 0 bridgehead atoms. The van der Waals surface area contributed by atoms with Crippen LogP contribution in [0.4, 0.5) is 13.2 Å². The summed E-state index contributed by atoms with van der Waals surface area (Å²) in [5.74, 6) is 0.444. The molecule has 190 valence electrons. The molecule has 33 heavy (non-hydrogen) atoms. The zero-order valence-corrected chi connectivity index (χ0v) is 20.3. The number of carbonyl (C=O) groups is 1. The van der Waals surface area contributed by atoms with Crippen LogP contribution in [0.15, 0.2) is 18.2 Å². The minimum Gasteiger partial charge on any atom is -0.493 e. The van der Waals surface area contributed by atoms with Crippen LogP contribution in [0.3, 0.4) is 0 Å². The Labute approximate surface area is 194 Å². The number of rotatable bonds is 14. The molecule has 0 saturated heterocycles. The lowest BCUT2D eigenvalue weighted by molar-refractivity contribution is -0.139. The molecule has 1 rings (SSSR count). The van der Waals surface area contributed by atoms with Gasteiger partial charge >= 0.3 is 6.18 Å². The molecule has 1 unspecified atom stereocenters. The van der Waals surface area contributed by atoms with Crippen molar-refractivity contribution in [1.82, 2.24) is 10.6 Å². The number of hydrogen-bond donors (Lipinski definition) is 2. The first-order chi connectivity index (χ1) is 15.4. The summed E-state index contributed by atoms with van der Waals surface area (Å²) in [6, 6.07) is 4.62. The summed E-state index contributed by atoms with van der Waals surface area (Å²) in [5.41, 5.74) is 0.723. The summed E-state index contributed by atoms with van der Waals surface area (Å²) in [7, 11) is 4.49. The third-order valence-electron chi connectivity index (χ3n) is 4.77. The molecule has 2 N–H and O–H groups in total. The Morgan fingerprint density at radius 3 is 2.27 bits per heavy atom. The Kier molecular flexibility index (Phi) is 12.0. The van der Waals surface area contributed by atoms with E-state index in [0.717, 1.165) is 5.56 Å². The van der Waals surface area contributed by atoms with E-state index in [2.05, 4.69) is 31.4 Å². The van der Waals surface area contributed by atoms with Gasteiger partial charge in [-0.05, 0) is 36.0 Å². The van der Waals surface area contributed by atoms with Crippen LogP contribution >= 0.6 is 0 Å². The first-order valence-corrected chi connectivity index (χ1v) is 10.8. The second kappa shape index (κ2) is 13.6. The molecule has 0 heterocycles. The van der Waals surface area contributed by atoms with Crippen LogP contribution in [0.5, 0.6) is 11.5 Å². The van der Waals surface area contributed by atoms with E-state index in [9.17, 15) is 18.0 Å². The third-order valence-corrected chi connectivity index (χ3v) is 4.77. The zero-order chi connectivity index (χ0) is 25.1. The number of amides is 1. The topological polar surface area (TPSA) is 78.1 Å². The molecule has 0 saturated carbocycles. The molecule has 10 heteroatoms. The van der Waals surface area contributed by atoms with Crippen LogP contribution in [0.2, 0.25) is 0 Å². The predicted octanol–water partition coefficient (Wildman–Crippen LogP) is 3.70.